The predicted octanol–water partition coefficient (Wildman–Crippen LogP) is 3.42. The van der Waals surface area contributed by atoms with Gasteiger partial charge in [0.15, 0.2) is 0 Å². The van der Waals surface area contributed by atoms with Crippen molar-refractivity contribution in [3.8, 4) is 0 Å². The van der Waals surface area contributed by atoms with Crippen molar-refractivity contribution in [2.75, 3.05) is 18.0 Å². The molecule has 2 unspecified atom stereocenters. The highest BCUT2D eigenvalue weighted by Gasteiger charge is 2.23. The molecule has 0 amide bonds. The summed E-state index contributed by atoms with van der Waals surface area (Å²) in [5.74, 6) is 1.51. The Kier molecular flexibility index (Phi) is 4.10. The van der Waals surface area contributed by atoms with E-state index >= 15 is 0 Å². The molecule has 1 N–H and O–H groups in total. The van der Waals surface area contributed by atoms with Gasteiger partial charge in [-0.05, 0) is 51.9 Å². The van der Waals surface area contributed by atoms with Crippen LogP contribution in [-0.2, 0) is 6.61 Å². The predicted molar refractivity (Wildman–Crippen MR) is 75.2 cm³/mol. The second-order valence-corrected chi connectivity index (χ2v) is 6.15. The average molecular weight is 298 g/mol. The van der Waals surface area contributed by atoms with Gasteiger partial charge in [-0.3, -0.25) is 0 Å². The van der Waals surface area contributed by atoms with E-state index in [0.29, 0.717) is 0 Å². The monoisotopic (exact) mass is 297 g/mol. The molecule has 0 saturated carbocycles. The first-order valence-electron chi connectivity index (χ1n) is 6.24. The molecule has 2 atom stereocenters. The van der Waals surface area contributed by atoms with Crippen LogP contribution in [-0.4, -0.2) is 18.2 Å². The van der Waals surface area contributed by atoms with Gasteiger partial charge in [-0.1, -0.05) is 19.9 Å². The minimum atomic E-state index is 0.103. The number of aliphatic hydroxyl groups excluding tert-OH is 1. The minimum absolute atomic E-state index is 0.103. The number of halogens is 1. The van der Waals surface area contributed by atoms with Crippen LogP contribution in [0.5, 0.6) is 0 Å². The fourth-order valence-corrected chi connectivity index (χ4v) is 3.44. The fraction of sp³-hybridized carbons (Fsp3) is 0.571. The molecule has 2 rings (SSSR count). The van der Waals surface area contributed by atoms with Gasteiger partial charge in [0.05, 0.1) is 12.3 Å². The Hall–Kier alpha value is -0.540. The number of anilines is 1. The van der Waals surface area contributed by atoms with Crippen LogP contribution in [0.2, 0.25) is 0 Å². The number of nitrogens with zero attached hydrogens (tertiary/aromatic N) is 1. The largest absolute Gasteiger partial charge is 0.392 e. The van der Waals surface area contributed by atoms with Crippen molar-refractivity contribution in [3.05, 3.63) is 28.2 Å². The molecule has 3 heteroatoms. The van der Waals surface area contributed by atoms with E-state index < -0.39 is 0 Å². The summed E-state index contributed by atoms with van der Waals surface area (Å²) in [5, 5.41) is 9.11. The molecule has 0 aromatic heterocycles. The molecular weight excluding hydrogens is 278 g/mol. The van der Waals surface area contributed by atoms with E-state index in [-0.39, 0.29) is 6.61 Å². The van der Waals surface area contributed by atoms with Gasteiger partial charge < -0.3 is 10.0 Å². The van der Waals surface area contributed by atoms with Gasteiger partial charge in [-0.2, -0.15) is 0 Å². The average Bonchev–Trinajstić information content (AvgIpc) is 2.27. The topological polar surface area (TPSA) is 23.5 Å². The van der Waals surface area contributed by atoms with Gasteiger partial charge >= 0.3 is 0 Å². The molecular formula is C14H20BrNO. The molecule has 1 aromatic carbocycles. The molecule has 17 heavy (non-hydrogen) atoms. The SMILES string of the molecule is CC1CC(C)CN(c2ccc(CO)cc2Br)C1. The van der Waals surface area contributed by atoms with Gasteiger partial charge in [-0.15, -0.1) is 0 Å². The quantitative estimate of drug-likeness (QED) is 0.904. The Morgan fingerprint density at radius 2 is 1.94 bits per heavy atom. The second-order valence-electron chi connectivity index (χ2n) is 5.29. The highest BCUT2D eigenvalue weighted by atomic mass is 79.9. The molecule has 1 saturated heterocycles. The Morgan fingerprint density at radius 3 is 2.47 bits per heavy atom. The van der Waals surface area contributed by atoms with Crippen LogP contribution in [0.4, 0.5) is 5.69 Å². The van der Waals surface area contributed by atoms with E-state index in [9.17, 15) is 0 Å². The summed E-state index contributed by atoms with van der Waals surface area (Å²) in [5.41, 5.74) is 2.21. The van der Waals surface area contributed by atoms with Crippen LogP contribution in [0.1, 0.15) is 25.8 Å². The van der Waals surface area contributed by atoms with E-state index in [0.717, 1.165) is 35.0 Å². The third-order valence-electron chi connectivity index (χ3n) is 3.40. The van der Waals surface area contributed by atoms with Crippen LogP contribution in [0.3, 0.4) is 0 Å². The summed E-state index contributed by atoms with van der Waals surface area (Å²) >= 11 is 3.61. The summed E-state index contributed by atoms with van der Waals surface area (Å²) in [6, 6.07) is 6.13. The maximum Gasteiger partial charge on any atom is 0.0682 e. The third kappa shape index (κ3) is 3.02. The summed E-state index contributed by atoms with van der Waals surface area (Å²) in [7, 11) is 0. The molecule has 0 radical (unpaired) electrons. The second kappa shape index (κ2) is 5.40. The number of benzene rings is 1. The number of aliphatic hydroxyl groups is 1. The zero-order valence-corrected chi connectivity index (χ0v) is 12.1. The van der Waals surface area contributed by atoms with Crippen molar-refractivity contribution in [1.82, 2.24) is 0 Å². The normalized spacial score (nSPS) is 25.1. The van der Waals surface area contributed by atoms with Gasteiger partial charge in [0.25, 0.3) is 0 Å². The highest BCUT2D eigenvalue weighted by Crippen LogP contribution is 2.32. The lowest BCUT2D eigenvalue weighted by molar-refractivity contribution is 0.281. The molecule has 1 heterocycles. The Labute approximate surface area is 112 Å². The number of piperidine rings is 1. The molecule has 0 spiro atoms. The van der Waals surface area contributed by atoms with Crippen molar-refractivity contribution in [3.63, 3.8) is 0 Å². The first-order valence-corrected chi connectivity index (χ1v) is 7.03. The maximum atomic E-state index is 9.11. The Bertz CT molecular complexity index is 384. The highest BCUT2D eigenvalue weighted by molar-refractivity contribution is 9.10. The van der Waals surface area contributed by atoms with E-state index in [4.69, 9.17) is 5.11 Å². The number of hydrogen-bond donors (Lipinski definition) is 1. The van der Waals surface area contributed by atoms with E-state index in [2.05, 4.69) is 40.7 Å². The fourth-order valence-electron chi connectivity index (χ4n) is 2.76. The summed E-state index contributed by atoms with van der Waals surface area (Å²) in [6.45, 7) is 6.99. The molecule has 1 aliphatic rings. The van der Waals surface area contributed by atoms with Crippen molar-refractivity contribution in [1.29, 1.82) is 0 Å². The third-order valence-corrected chi connectivity index (χ3v) is 4.04. The van der Waals surface area contributed by atoms with Crippen LogP contribution in [0.25, 0.3) is 0 Å². The molecule has 1 aromatic rings. The zero-order valence-electron chi connectivity index (χ0n) is 10.5. The standard InChI is InChI=1S/C14H20BrNO/c1-10-5-11(2)8-16(7-10)14-4-3-12(9-17)6-13(14)15/h3-4,6,10-11,17H,5,7-9H2,1-2H3. The van der Waals surface area contributed by atoms with Crippen molar-refractivity contribution in [2.24, 2.45) is 11.8 Å². The van der Waals surface area contributed by atoms with Crippen LogP contribution < -0.4 is 4.90 Å². The lowest BCUT2D eigenvalue weighted by Crippen LogP contribution is -2.38. The number of hydrogen-bond acceptors (Lipinski definition) is 2. The van der Waals surface area contributed by atoms with Crippen LogP contribution >= 0.6 is 15.9 Å². The Balaban J connectivity index is 2.21. The molecule has 1 fully saturated rings. The molecule has 1 aliphatic heterocycles. The smallest absolute Gasteiger partial charge is 0.0682 e. The number of rotatable bonds is 2. The lowest BCUT2D eigenvalue weighted by atomic mass is 9.91. The van der Waals surface area contributed by atoms with Crippen LogP contribution in [0.15, 0.2) is 22.7 Å². The van der Waals surface area contributed by atoms with Gasteiger partial charge in [0.2, 0.25) is 0 Å². The molecule has 0 bridgehead atoms. The van der Waals surface area contributed by atoms with Crippen molar-refractivity contribution in [2.45, 2.75) is 26.9 Å². The van der Waals surface area contributed by atoms with Crippen LogP contribution in [0, 0.1) is 11.8 Å². The van der Waals surface area contributed by atoms with Gasteiger partial charge in [0.1, 0.15) is 0 Å². The van der Waals surface area contributed by atoms with E-state index in [1.807, 2.05) is 12.1 Å². The Morgan fingerprint density at radius 1 is 1.29 bits per heavy atom. The zero-order chi connectivity index (χ0) is 12.4. The van der Waals surface area contributed by atoms with E-state index in [1.54, 1.807) is 0 Å². The molecule has 94 valence electrons. The van der Waals surface area contributed by atoms with E-state index in [1.165, 1.54) is 12.1 Å². The summed E-state index contributed by atoms with van der Waals surface area (Å²) in [6.07, 6.45) is 1.32. The first-order chi connectivity index (χ1) is 8.10. The molecule has 0 aliphatic carbocycles. The molecule has 2 nitrogen and oxygen atoms in total. The van der Waals surface area contributed by atoms with Crippen molar-refractivity contribution < 1.29 is 5.11 Å². The summed E-state index contributed by atoms with van der Waals surface area (Å²) < 4.78 is 1.09. The summed E-state index contributed by atoms with van der Waals surface area (Å²) in [4.78, 5) is 2.45. The first kappa shape index (κ1) is 12.9. The van der Waals surface area contributed by atoms with Gasteiger partial charge in [-0.25, -0.2) is 0 Å². The minimum Gasteiger partial charge on any atom is -0.392 e. The van der Waals surface area contributed by atoms with Gasteiger partial charge in [0, 0.05) is 17.6 Å². The lowest BCUT2D eigenvalue weighted by Gasteiger charge is -2.37. The maximum absolute atomic E-state index is 9.11. The van der Waals surface area contributed by atoms with Crippen molar-refractivity contribution >= 4 is 21.6 Å².